The van der Waals surface area contributed by atoms with E-state index in [1.807, 2.05) is 31.2 Å². The van der Waals surface area contributed by atoms with Gasteiger partial charge in [0.1, 0.15) is 0 Å². The third kappa shape index (κ3) is 4.91. The summed E-state index contributed by atoms with van der Waals surface area (Å²) in [6, 6.07) is 14.1. The highest BCUT2D eigenvalue weighted by Gasteiger charge is 2.11. The van der Waals surface area contributed by atoms with Crippen LogP contribution in [-0.2, 0) is 11.3 Å². The van der Waals surface area contributed by atoms with Gasteiger partial charge in [-0.2, -0.15) is 4.68 Å². The Morgan fingerprint density at radius 3 is 2.48 bits per heavy atom. The van der Waals surface area contributed by atoms with Gasteiger partial charge in [0, 0.05) is 6.54 Å². The number of hydrogen-bond acceptors (Lipinski definition) is 6. The molecule has 2 N–H and O–H groups in total. The Kier molecular flexibility index (Phi) is 5.82. The Hall–Kier alpha value is -3.20. The molecule has 0 aliphatic rings. The van der Waals surface area contributed by atoms with E-state index in [0.717, 1.165) is 16.8 Å². The fourth-order valence-corrected chi connectivity index (χ4v) is 2.98. The fraction of sp³-hybridized carbons (Fsp3) is 0.167. The quantitative estimate of drug-likeness (QED) is 0.601. The maximum atomic E-state index is 12.1. The molecule has 0 bridgehead atoms. The topological polar surface area (TPSA) is 110 Å². The first-order valence-corrected chi connectivity index (χ1v) is 9.08. The maximum Gasteiger partial charge on any atom is 0.335 e. The molecule has 0 spiro atoms. The van der Waals surface area contributed by atoms with E-state index < -0.39 is 5.97 Å². The molecule has 138 valence electrons. The predicted molar refractivity (Wildman–Crippen MR) is 99.9 cm³/mol. The number of carbonyl (C=O) groups excluding carboxylic acids is 1. The summed E-state index contributed by atoms with van der Waals surface area (Å²) < 4.78 is 1.59. The molecular weight excluding hydrogens is 366 g/mol. The zero-order valence-corrected chi connectivity index (χ0v) is 15.3. The van der Waals surface area contributed by atoms with Crippen molar-refractivity contribution >= 4 is 23.6 Å². The Bertz CT molecular complexity index is 938. The van der Waals surface area contributed by atoms with Crippen molar-refractivity contribution in [3.05, 3.63) is 65.2 Å². The highest BCUT2D eigenvalue weighted by atomic mass is 32.2. The van der Waals surface area contributed by atoms with Gasteiger partial charge in [-0.25, -0.2) is 4.79 Å². The van der Waals surface area contributed by atoms with Crippen LogP contribution in [0.2, 0.25) is 0 Å². The van der Waals surface area contributed by atoms with E-state index in [1.54, 1.807) is 16.8 Å². The van der Waals surface area contributed by atoms with Crippen molar-refractivity contribution in [1.29, 1.82) is 0 Å². The third-order valence-electron chi connectivity index (χ3n) is 3.74. The van der Waals surface area contributed by atoms with Crippen molar-refractivity contribution in [2.45, 2.75) is 18.6 Å². The molecule has 0 saturated carbocycles. The van der Waals surface area contributed by atoms with Crippen LogP contribution in [0.1, 0.15) is 21.5 Å². The maximum absolute atomic E-state index is 12.1. The third-order valence-corrected chi connectivity index (χ3v) is 4.66. The lowest BCUT2D eigenvalue weighted by molar-refractivity contribution is -0.118. The molecule has 1 aromatic heterocycles. The molecule has 3 aromatic rings. The minimum absolute atomic E-state index is 0.166. The van der Waals surface area contributed by atoms with Gasteiger partial charge >= 0.3 is 5.97 Å². The number of aryl methyl sites for hydroxylation is 1. The lowest BCUT2D eigenvalue weighted by Crippen LogP contribution is -2.24. The molecule has 27 heavy (non-hydrogen) atoms. The van der Waals surface area contributed by atoms with Crippen LogP contribution in [0.25, 0.3) is 5.69 Å². The summed E-state index contributed by atoms with van der Waals surface area (Å²) in [6.07, 6.45) is 0. The minimum atomic E-state index is -0.978. The van der Waals surface area contributed by atoms with Crippen molar-refractivity contribution < 1.29 is 14.7 Å². The van der Waals surface area contributed by atoms with Crippen LogP contribution < -0.4 is 5.32 Å². The number of nitrogens with zero attached hydrogens (tertiary/aromatic N) is 4. The molecule has 1 heterocycles. The number of aromatic nitrogens is 4. The average Bonchev–Trinajstić information content (AvgIpc) is 3.14. The Morgan fingerprint density at radius 2 is 1.81 bits per heavy atom. The molecule has 8 nitrogen and oxygen atoms in total. The molecule has 0 aliphatic heterocycles. The first-order valence-electron chi connectivity index (χ1n) is 8.10. The van der Waals surface area contributed by atoms with Gasteiger partial charge in [-0.15, -0.1) is 5.10 Å². The molecule has 1 amide bonds. The Morgan fingerprint density at radius 1 is 1.11 bits per heavy atom. The number of tetrazole rings is 1. The predicted octanol–water partition coefficient (Wildman–Crippen LogP) is 2.08. The molecule has 2 aromatic carbocycles. The van der Waals surface area contributed by atoms with Gasteiger partial charge in [0.2, 0.25) is 11.1 Å². The van der Waals surface area contributed by atoms with Crippen molar-refractivity contribution in [2.75, 3.05) is 5.75 Å². The van der Waals surface area contributed by atoms with E-state index in [0.29, 0.717) is 11.7 Å². The zero-order chi connectivity index (χ0) is 19.2. The second-order valence-electron chi connectivity index (χ2n) is 5.78. The molecule has 0 aliphatic carbocycles. The van der Waals surface area contributed by atoms with E-state index in [-0.39, 0.29) is 17.2 Å². The molecule has 0 atom stereocenters. The molecule has 0 unspecified atom stereocenters. The number of benzene rings is 2. The van der Waals surface area contributed by atoms with Gasteiger partial charge < -0.3 is 10.4 Å². The summed E-state index contributed by atoms with van der Waals surface area (Å²) in [6.45, 7) is 2.32. The van der Waals surface area contributed by atoms with E-state index in [9.17, 15) is 9.59 Å². The smallest absolute Gasteiger partial charge is 0.335 e. The van der Waals surface area contributed by atoms with Gasteiger partial charge in [-0.3, -0.25) is 4.79 Å². The SMILES string of the molecule is Cc1ccc(-n2nnnc2SCC(=O)NCc2ccc(C(=O)O)cc2)cc1. The molecular formula is C18H17N5O3S. The molecule has 0 radical (unpaired) electrons. The van der Waals surface area contributed by atoms with Crippen molar-refractivity contribution in [3.8, 4) is 5.69 Å². The second-order valence-corrected chi connectivity index (χ2v) is 6.72. The van der Waals surface area contributed by atoms with Gasteiger partial charge in [-0.1, -0.05) is 41.6 Å². The van der Waals surface area contributed by atoms with E-state index in [2.05, 4.69) is 20.8 Å². The normalized spacial score (nSPS) is 10.6. The summed E-state index contributed by atoms with van der Waals surface area (Å²) in [5, 5.41) is 23.8. The summed E-state index contributed by atoms with van der Waals surface area (Å²) >= 11 is 1.24. The van der Waals surface area contributed by atoms with Crippen LogP contribution in [0, 0.1) is 6.92 Å². The monoisotopic (exact) mass is 383 g/mol. The van der Waals surface area contributed by atoms with Gasteiger partial charge in [0.15, 0.2) is 0 Å². The van der Waals surface area contributed by atoms with E-state index in [1.165, 1.54) is 23.9 Å². The number of thioether (sulfide) groups is 1. The standard InChI is InChI=1S/C18H17N5O3S/c1-12-2-8-15(9-3-12)23-18(20-21-22-23)27-11-16(24)19-10-13-4-6-14(7-5-13)17(25)26/h2-9H,10-11H2,1H3,(H,19,24)(H,25,26). The van der Waals surface area contributed by atoms with E-state index in [4.69, 9.17) is 5.11 Å². The molecule has 9 heteroatoms. The lowest BCUT2D eigenvalue weighted by atomic mass is 10.1. The van der Waals surface area contributed by atoms with Crippen LogP contribution in [0.5, 0.6) is 0 Å². The van der Waals surface area contributed by atoms with Crippen LogP contribution in [0.4, 0.5) is 0 Å². The number of rotatable bonds is 7. The summed E-state index contributed by atoms with van der Waals surface area (Å²) in [5.74, 6) is -0.978. The fourth-order valence-electron chi connectivity index (χ4n) is 2.26. The van der Waals surface area contributed by atoms with Gasteiger partial charge in [0.05, 0.1) is 17.0 Å². The number of carboxylic acid groups (broad SMARTS) is 1. The molecule has 3 rings (SSSR count). The molecule has 0 fully saturated rings. The summed E-state index contributed by atoms with van der Waals surface area (Å²) in [5.41, 5.74) is 3.00. The highest BCUT2D eigenvalue weighted by Crippen LogP contribution is 2.18. The van der Waals surface area contributed by atoms with Crippen LogP contribution >= 0.6 is 11.8 Å². The second kappa shape index (κ2) is 8.45. The zero-order valence-electron chi connectivity index (χ0n) is 14.5. The molecule has 0 saturated heterocycles. The van der Waals surface area contributed by atoms with Crippen LogP contribution in [0.3, 0.4) is 0 Å². The van der Waals surface area contributed by atoms with Crippen LogP contribution in [-0.4, -0.2) is 42.9 Å². The minimum Gasteiger partial charge on any atom is -0.478 e. The van der Waals surface area contributed by atoms with Crippen molar-refractivity contribution in [2.24, 2.45) is 0 Å². The first kappa shape index (κ1) is 18.6. The first-order chi connectivity index (χ1) is 13.0. The number of carbonyl (C=O) groups is 2. The summed E-state index contributed by atoms with van der Waals surface area (Å²) in [7, 11) is 0. The average molecular weight is 383 g/mol. The van der Waals surface area contributed by atoms with Crippen molar-refractivity contribution in [3.63, 3.8) is 0 Å². The number of amides is 1. The summed E-state index contributed by atoms with van der Waals surface area (Å²) in [4.78, 5) is 22.9. The Labute approximate surface area is 159 Å². The lowest BCUT2D eigenvalue weighted by Gasteiger charge is -2.06. The van der Waals surface area contributed by atoms with Crippen molar-refractivity contribution in [1.82, 2.24) is 25.5 Å². The largest absolute Gasteiger partial charge is 0.478 e. The van der Waals surface area contributed by atoms with Gasteiger partial charge in [-0.05, 0) is 47.2 Å². The van der Waals surface area contributed by atoms with Gasteiger partial charge in [0.25, 0.3) is 0 Å². The highest BCUT2D eigenvalue weighted by molar-refractivity contribution is 7.99. The number of nitrogens with one attached hydrogen (secondary N) is 1. The Balaban J connectivity index is 1.53. The number of carboxylic acids is 1. The van der Waals surface area contributed by atoms with Crippen LogP contribution in [0.15, 0.2) is 53.7 Å². The number of hydrogen-bond donors (Lipinski definition) is 2. The number of aromatic carboxylic acids is 1. The van der Waals surface area contributed by atoms with E-state index >= 15 is 0 Å².